The second-order valence-corrected chi connectivity index (χ2v) is 2.79. The summed E-state index contributed by atoms with van der Waals surface area (Å²) in [6.07, 6.45) is -5.49. The van der Waals surface area contributed by atoms with Gasteiger partial charge in [-0.1, -0.05) is 0 Å². The normalized spacial score (nSPS) is 15.9. The summed E-state index contributed by atoms with van der Waals surface area (Å²) in [5, 5.41) is 51.9. The first-order valence-electron chi connectivity index (χ1n) is 4.05. The van der Waals surface area contributed by atoms with E-state index in [0.29, 0.717) is 0 Å². The van der Waals surface area contributed by atoms with Crippen molar-refractivity contribution in [2.75, 3.05) is 13.2 Å². The zero-order valence-corrected chi connectivity index (χ0v) is 7.72. The van der Waals surface area contributed by atoms with Gasteiger partial charge in [0.1, 0.15) is 18.3 Å². The maximum atomic E-state index is 11.0. The van der Waals surface area contributed by atoms with Gasteiger partial charge in [0, 0.05) is 0 Å². The Kier molecular flexibility index (Phi) is 11.1. The second kappa shape index (κ2) is 9.48. The molecule has 0 aromatic heterocycles. The first kappa shape index (κ1) is 18.8. The molecule has 0 bridgehead atoms. The molecule has 0 rings (SSSR count). The van der Waals surface area contributed by atoms with E-state index in [0.717, 1.165) is 0 Å². The van der Waals surface area contributed by atoms with Gasteiger partial charge in [0.25, 0.3) is 0 Å². The average molecular weight is 248 g/mol. The Bertz CT molecular complexity index is 203. The van der Waals surface area contributed by atoms with E-state index in [1.807, 2.05) is 0 Å². The minimum absolute atomic E-state index is 0. The van der Waals surface area contributed by atoms with Crippen molar-refractivity contribution in [1.29, 1.82) is 0 Å². The van der Waals surface area contributed by atoms with Gasteiger partial charge in [0.15, 0.2) is 5.78 Å². The molecule has 0 saturated heterocycles. The monoisotopic (exact) mass is 248 g/mol. The third-order valence-electron chi connectivity index (χ3n) is 1.61. The molecule has 0 unspecified atom stereocenters. The van der Waals surface area contributed by atoms with Crippen molar-refractivity contribution in [3.05, 3.63) is 0 Å². The predicted octanol–water partition coefficient (Wildman–Crippen LogP) is -5.03. The van der Waals surface area contributed by atoms with Crippen molar-refractivity contribution in [2.45, 2.75) is 18.3 Å². The van der Waals surface area contributed by atoms with Crippen molar-refractivity contribution in [3.63, 3.8) is 0 Å². The molecule has 0 aliphatic carbocycles. The van der Waals surface area contributed by atoms with Crippen LogP contribution in [0.15, 0.2) is 0 Å². The molecule has 0 aromatic carbocycles. The molecule has 10 heteroatoms. The molecule has 8 nitrogen and oxygen atoms in total. The molecule has 90 valence electrons. The Morgan fingerprint density at radius 1 is 1.25 bits per heavy atom. The summed E-state index contributed by atoms with van der Waals surface area (Å²) in [4.78, 5) is 11.0. The fourth-order valence-corrected chi connectivity index (χ4v) is 0.751. The van der Waals surface area contributed by atoms with Crippen LogP contribution in [-0.2, 0) is 9.45 Å². The summed E-state index contributed by atoms with van der Waals surface area (Å²) in [6, 6.07) is 0. The van der Waals surface area contributed by atoms with Crippen LogP contribution in [0.5, 0.6) is 0 Å². The van der Waals surface area contributed by atoms with Crippen LogP contribution in [0.25, 0.3) is 0 Å². The van der Waals surface area contributed by atoms with Crippen LogP contribution in [-0.4, -0.2) is 105 Å². The first-order chi connectivity index (χ1) is 6.90. The Morgan fingerprint density at radius 2 is 1.75 bits per heavy atom. The Morgan fingerprint density at radius 3 is 2.12 bits per heavy atom. The third kappa shape index (κ3) is 6.91. The van der Waals surface area contributed by atoms with Gasteiger partial charge < -0.3 is 35.1 Å². The second-order valence-electron chi connectivity index (χ2n) is 2.79. The standard InChI is InChI=1S/C6H13BO8.Na.H/c8-1-3(9)5(11)6(12)4(10)2-15-7(13)14;;/h3,5-6,8-9,11-14H,1-2H2;;/t3-,5+,6+;;/m1../s1. The molecular weight excluding hydrogens is 234 g/mol. The van der Waals surface area contributed by atoms with Crippen LogP contribution in [0.2, 0.25) is 0 Å². The van der Waals surface area contributed by atoms with Gasteiger partial charge in [-0.3, -0.25) is 4.79 Å². The van der Waals surface area contributed by atoms with E-state index in [4.69, 9.17) is 30.5 Å². The number of carbonyl (C=O) groups is 1. The number of aliphatic hydroxyl groups excluding tert-OH is 4. The molecule has 3 atom stereocenters. The molecule has 0 radical (unpaired) electrons. The topological polar surface area (TPSA) is 148 Å². The summed E-state index contributed by atoms with van der Waals surface area (Å²) in [6.45, 7) is -1.66. The van der Waals surface area contributed by atoms with Crippen LogP contribution in [0.4, 0.5) is 0 Å². The molecule has 0 aliphatic heterocycles. The summed E-state index contributed by atoms with van der Waals surface area (Å²) in [7, 11) is -2.17. The SMILES string of the molecule is O=C(COB(O)O)[C@H](O)[C@@H](O)[C@H](O)CO.[NaH]. The molecule has 6 N–H and O–H groups in total. The summed E-state index contributed by atoms with van der Waals surface area (Å²) in [5.74, 6) is -1.05. The summed E-state index contributed by atoms with van der Waals surface area (Å²) < 4.78 is 4.03. The van der Waals surface area contributed by atoms with Gasteiger partial charge >= 0.3 is 36.9 Å². The Balaban J connectivity index is 0. The molecule has 0 aromatic rings. The van der Waals surface area contributed by atoms with Crippen LogP contribution >= 0.6 is 0 Å². The van der Waals surface area contributed by atoms with E-state index < -0.39 is 44.6 Å². The van der Waals surface area contributed by atoms with E-state index in [-0.39, 0.29) is 29.6 Å². The van der Waals surface area contributed by atoms with Gasteiger partial charge in [0.05, 0.1) is 13.2 Å². The van der Waals surface area contributed by atoms with E-state index >= 15 is 0 Å². The fraction of sp³-hybridized carbons (Fsp3) is 0.833. The molecule has 0 heterocycles. The van der Waals surface area contributed by atoms with Crippen LogP contribution in [0, 0.1) is 0 Å². The Hall–Kier alpha value is 0.455. The first-order valence-corrected chi connectivity index (χ1v) is 4.05. The zero-order valence-electron chi connectivity index (χ0n) is 7.72. The molecule has 0 amide bonds. The van der Waals surface area contributed by atoms with Crippen molar-refractivity contribution in [2.24, 2.45) is 0 Å². The van der Waals surface area contributed by atoms with Gasteiger partial charge in [-0.05, 0) is 0 Å². The number of carbonyl (C=O) groups excluding carboxylic acids is 1. The zero-order chi connectivity index (χ0) is 12.0. The number of rotatable bonds is 7. The number of hydrogen-bond acceptors (Lipinski definition) is 8. The third-order valence-corrected chi connectivity index (χ3v) is 1.61. The quantitative estimate of drug-likeness (QED) is 0.245. The van der Waals surface area contributed by atoms with Gasteiger partial charge in [-0.15, -0.1) is 0 Å². The van der Waals surface area contributed by atoms with Crippen LogP contribution < -0.4 is 0 Å². The minimum atomic E-state index is -2.17. The Labute approximate surface area is 114 Å². The number of hydrogen-bond donors (Lipinski definition) is 6. The van der Waals surface area contributed by atoms with E-state index in [1.165, 1.54) is 0 Å². The number of ketones is 1. The molecule has 0 aliphatic rings. The average Bonchev–Trinajstić information content (AvgIpc) is 2.22. The van der Waals surface area contributed by atoms with Gasteiger partial charge in [-0.25, -0.2) is 0 Å². The number of aliphatic hydroxyl groups is 4. The summed E-state index contributed by atoms with van der Waals surface area (Å²) >= 11 is 0. The predicted molar refractivity (Wildman–Crippen MR) is 53.4 cm³/mol. The van der Waals surface area contributed by atoms with Gasteiger partial charge in [-0.2, -0.15) is 0 Å². The molecule has 0 spiro atoms. The van der Waals surface area contributed by atoms with Crippen LogP contribution in [0.1, 0.15) is 0 Å². The molecular formula is C6H14BNaO8. The van der Waals surface area contributed by atoms with Gasteiger partial charge in [0.2, 0.25) is 0 Å². The number of Topliss-reactive ketones (excluding diaryl/α,β-unsaturated/α-hetero) is 1. The fourth-order valence-electron chi connectivity index (χ4n) is 0.751. The molecule has 0 saturated carbocycles. The van der Waals surface area contributed by atoms with Crippen molar-refractivity contribution in [3.8, 4) is 0 Å². The molecule has 0 fully saturated rings. The molecule has 16 heavy (non-hydrogen) atoms. The van der Waals surface area contributed by atoms with E-state index in [9.17, 15) is 4.79 Å². The van der Waals surface area contributed by atoms with E-state index in [1.54, 1.807) is 0 Å². The van der Waals surface area contributed by atoms with Crippen molar-refractivity contribution >= 4 is 42.7 Å². The summed E-state index contributed by atoms with van der Waals surface area (Å²) in [5.41, 5.74) is 0. The van der Waals surface area contributed by atoms with Crippen molar-refractivity contribution in [1.82, 2.24) is 0 Å². The van der Waals surface area contributed by atoms with E-state index in [2.05, 4.69) is 4.65 Å². The van der Waals surface area contributed by atoms with Crippen LogP contribution in [0.3, 0.4) is 0 Å². The van der Waals surface area contributed by atoms with Crippen molar-refractivity contribution < 1.29 is 39.9 Å². The maximum absolute atomic E-state index is 11.0.